The van der Waals surface area contributed by atoms with Crippen LogP contribution in [0.2, 0.25) is 0 Å². The molecule has 0 spiro atoms. The van der Waals surface area contributed by atoms with Gasteiger partial charge >= 0.3 is 0 Å². The first-order valence-electron chi connectivity index (χ1n) is 8.53. The fourth-order valence-corrected chi connectivity index (χ4v) is 4.00. The number of hydrogen-bond acceptors (Lipinski definition) is 3. The summed E-state index contributed by atoms with van der Waals surface area (Å²) in [6.45, 7) is 6.42. The molecule has 26 heavy (non-hydrogen) atoms. The highest BCUT2D eigenvalue weighted by atomic mass is 32.2. The third-order valence-electron chi connectivity index (χ3n) is 4.07. The predicted molar refractivity (Wildman–Crippen MR) is 105 cm³/mol. The van der Waals surface area contributed by atoms with Crippen LogP contribution in [-0.2, 0) is 14.8 Å². The molecule has 0 bridgehead atoms. The van der Waals surface area contributed by atoms with Crippen LogP contribution in [0.5, 0.6) is 0 Å². The second kappa shape index (κ2) is 8.78. The Balaban J connectivity index is 2.07. The van der Waals surface area contributed by atoms with E-state index in [2.05, 4.69) is 5.32 Å². The number of nitrogens with one attached hydrogen (secondary N) is 1. The van der Waals surface area contributed by atoms with Gasteiger partial charge in [-0.15, -0.1) is 0 Å². The van der Waals surface area contributed by atoms with Crippen molar-refractivity contribution >= 4 is 27.7 Å². The van der Waals surface area contributed by atoms with Crippen LogP contribution in [0, 0.1) is 6.92 Å². The average molecular weight is 372 g/mol. The van der Waals surface area contributed by atoms with E-state index in [1.54, 1.807) is 32.1 Å². The number of aryl methyl sites for hydroxylation is 1. The lowest BCUT2D eigenvalue weighted by Gasteiger charge is -2.18. The number of sulfonamides is 1. The Morgan fingerprint density at radius 2 is 1.65 bits per heavy atom. The molecule has 5 nitrogen and oxygen atoms in total. The smallest absolute Gasteiger partial charge is 0.248 e. The van der Waals surface area contributed by atoms with E-state index in [1.807, 2.05) is 31.2 Å². The van der Waals surface area contributed by atoms with Crippen LogP contribution in [0.3, 0.4) is 0 Å². The number of carbonyl (C=O) groups is 1. The number of benzene rings is 2. The zero-order chi connectivity index (χ0) is 19.2. The molecule has 0 saturated heterocycles. The van der Waals surface area contributed by atoms with Gasteiger partial charge in [0.15, 0.2) is 0 Å². The van der Waals surface area contributed by atoms with Crippen molar-refractivity contribution in [3.63, 3.8) is 0 Å². The highest BCUT2D eigenvalue weighted by Gasteiger charge is 2.21. The molecule has 138 valence electrons. The van der Waals surface area contributed by atoms with Gasteiger partial charge in [0.05, 0.1) is 4.90 Å². The molecular weight excluding hydrogens is 348 g/mol. The van der Waals surface area contributed by atoms with E-state index in [9.17, 15) is 13.2 Å². The minimum atomic E-state index is -3.49. The van der Waals surface area contributed by atoms with Gasteiger partial charge in [-0.1, -0.05) is 38.1 Å². The van der Waals surface area contributed by atoms with Crippen LogP contribution >= 0.6 is 0 Å². The number of carbonyl (C=O) groups excluding carboxylic acids is 1. The van der Waals surface area contributed by atoms with Crippen molar-refractivity contribution in [1.82, 2.24) is 4.31 Å². The molecule has 0 saturated carbocycles. The summed E-state index contributed by atoms with van der Waals surface area (Å²) in [6, 6.07) is 14.0. The Morgan fingerprint density at radius 3 is 2.23 bits per heavy atom. The standard InChI is InChI=1S/C20H24N2O3S/c1-4-22(5-2)26(24,25)19-13-11-18(12-14-19)21-20(23)15-10-17-9-7-6-8-16(17)3/h6-15H,4-5H2,1-3H3,(H,21,23)/b15-10+. The average Bonchev–Trinajstić information content (AvgIpc) is 2.62. The summed E-state index contributed by atoms with van der Waals surface area (Å²) in [5.41, 5.74) is 2.61. The van der Waals surface area contributed by atoms with Gasteiger partial charge in [-0.2, -0.15) is 4.31 Å². The van der Waals surface area contributed by atoms with Crippen LogP contribution in [0.15, 0.2) is 59.5 Å². The second-order valence-corrected chi connectivity index (χ2v) is 7.73. The molecule has 2 aromatic rings. The zero-order valence-electron chi connectivity index (χ0n) is 15.3. The van der Waals surface area contributed by atoms with Crippen molar-refractivity contribution in [2.24, 2.45) is 0 Å². The van der Waals surface area contributed by atoms with E-state index in [1.165, 1.54) is 22.5 Å². The Labute approximate surface area is 155 Å². The molecule has 6 heteroatoms. The van der Waals surface area contributed by atoms with E-state index >= 15 is 0 Å². The van der Waals surface area contributed by atoms with Gasteiger partial charge in [-0.25, -0.2) is 8.42 Å². The predicted octanol–water partition coefficient (Wildman–Crippen LogP) is 3.68. The third kappa shape index (κ3) is 4.80. The van der Waals surface area contributed by atoms with E-state index in [4.69, 9.17) is 0 Å². The molecule has 0 aliphatic heterocycles. The number of anilines is 1. The molecule has 2 rings (SSSR count). The number of rotatable bonds is 7. The normalized spacial score (nSPS) is 11.8. The largest absolute Gasteiger partial charge is 0.323 e. The molecule has 1 N–H and O–H groups in total. The van der Waals surface area contributed by atoms with Crippen LogP contribution in [-0.4, -0.2) is 31.7 Å². The topological polar surface area (TPSA) is 66.5 Å². The summed E-state index contributed by atoms with van der Waals surface area (Å²) >= 11 is 0. The molecule has 0 aliphatic rings. The first kappa shape index (κ1) is 19.9. The quantitative estimate of drug-likeness (QED) is 0.754. The van der Waals surface area contributed by atoms with Crippen molar-refractivity contribution in [2.45, 2.75) is 25.7 Å². The highest BCUT2D eigenvalue weighted by molar-refractivity contribution is 7.89. The van der Waals surface area contributed by atoms with Gasteiger partial charge in [0.1, 0.15) is 0 Å². The van der Waals surface area contributed by atoms with Crippen molar-refractivity contribution in [2.75, 3.05) is 18.4 Å². The van der Waals surface area contributed by atoms with Crippen LogP contribution in [0.25, 0.3) is 6.08 Å². The Kier molecular flexibility index (Phi) is 6.71. The van der Waals surface area contributed by atoms with E-state index in [0.717, 1.165) is 11.1 Å². The molecule has 2 aromatic carbocycles. The maximum absolute atomic E-state index is 12.4. The summed E-state index contributed by atoms with van der Waals surface area (Å²) in [6.07, 6.45) is 3.22. The van der Waals surface area contributed by atoms with Gasteiger partial charge in [-0.05, 0) is 48.4 Å². The van der Waals surface area contributed by atoms with Gasteiger partial charge < -0.3 is 5.32 Å². The van der Waals surface area contributed by atoms with Crippen LogP contribution in [0.1, 0.15) is 25.0 Å². The first-order valence-corrected chi connectivity index (χ1v) is 9.97. The van der Waals surface area contributed by atoms with Gasteiger partial charge in [0, 0.05) is 24.9 Å². The Hall–Kier alpha value is -2.44. The fraction of sp³-hybridized carbons (Fsp3) is 0.250. The molecule has 1 amide bonds. The van der Waals surface area contributed by atoms with Crippen molar-refractivity contribution in [3.8, 4) is 0 Å². The summed E-state index contributed by atoms with van der Waals surface area (Å²) in [4.78, 5) is 12.3. The summed E-state index contributed by atoms with van der Waals surface area (Å²) in [5.74, 6) is -0.271. The number of hydrogen-bond donors (Lipinski definition) is 1. The maximum atomic E-state index is 12.4. The minimum Gasteiger partial charge on any atom is -0.323 e. The summed E-state index contributed by atoms with van der Waals surface area (Å²) in [7, 11) is -3.49. The summed E-state index contributed by atoms with van der Waals surface area (Å²) in [5, 5.41) is 2.73. The fourth-order valence-electron chi connectivity index (χ4n) is 2.55. The van der Waals surface area contributed by atoms with E-state index in [0.29, 0.717) is 18.8 Å². The van der Waals surface area contributed by atoms with Gasteiger partial charge in [-0.3, -0.25) is 4.79 Å². The molecule has 0 aliphatic carbocycles. The Bertz CT molecular complexity index is 884. The zero-order valence-corrected chi connectivity index (χ0v) is 16.1. The third-order valence-corrected chi connectivity index (χ3v) is 6.13. The van der Waals surface area contributed by atoms with E-state index < -0.39 is 10.0 Å². The van der Waals surface area contributed by atoms with Crippen molar-refractivity contribution in [3.05, 3.63) is 65.7 Å². The lowest BCUT2D eigenvalue weighted by Crippen LogP contribution is -2.30. The molecule has 0 radical (unpaired) electrons. The SMILES string of the molecule is CCN(CC)S(=O)(=O)c1ccc(NC(=O)/C=C/c2ccccc2C)cc1. The first-order chi connectivity index (χ1) is 12.4. The molecule has 0 unspecified atom stereocenters. The van der Waals surface area contributed by atoms with Crippen LogP contribution in [0.4, 0.5) is 5.69 Å². The molecule has 0 aromatic heterocycles. The molecule has 0 atom stereocenters. The molecular formula is C20H24N2O3S. The van der Waals surface area contributed by atoms with Crippen LogP contribution < -0.4 is 5.32 Å². The van der Waals surface area contributed by atoms with Crippen molar-refractivity contribution < 1.29 is 13.2 Å². The number of amides is 1. The number of nitrogens with zero attached hydrogens (tertiary/aromatic N) is 1. The molecule has 0 fully saturated rings. The van der Waals surface area contributed by atoms with Gasteiger partial charge in [0.25, 0.3) is 0 Å². The van der Waals surface area contributed by atoms with Gasteiger partial charge in [0.2, 0.25) is 15.9 Å². The minimum absolute atomic E-state index is 0.217. The summed E-state index contributed by atoms with van der Waals surface area (Å²) < 4.78 is 26.3. The lowest BCUT2D eigenvalue weighted by molar-refractivity contribution is -0.111. The van der Waals surface area contributed by atoms with Crippen molar-refractivity contribution in [1.29, 1.82) is 0 Å². The monoisotopic (exact) mass is 372 g/mol. The second-order valence-electron chi connectivity index (χ2n) is 5.79. The highest BCUT2D eigenvalue weighted by Crippen LogP contribution is 2.18. The molecule has 0 heterocycles. The lowest BCUT2D eigenvalue weighted by atomic mass is 10.1. The Morgan fingerprint density at radius 1 is 1.04 bits per heavy atom. The maximum Gasteiger partial charge on any atom is 0.248 e. The van der Waals surface area contributed by atoms with E-state index in [-0.39, 0.29) is 10.8 Å².